The van der Waals surface area contributed by atoms with Crippen molar-refractivity contribution < 1.29 is 0 Å². The van der Waals surface area contributed by atoms with Crippen LogP contribution in [0.5, 0.6) is 0 Å². The first-order valence-corrected chi connectivity index (χ1v) is 8.73. The van der Waals surface area contributed by atoms with E-state index in [0.29, 0.717) is 6.04 Å². The maximum Gasteiger partial charge on any atom is 0.0236 e. The van der Waals surface area contributed by atoms with E-state index in [1.807, 2.05) is 0 Å². The molecule has 0 spiro atoms. The van der Waals surface area contributed by atoms with E-state index in [1.165, 1.54) is 43.4 Å². The minimum atomic E-state index is 0.665. The molecule has 1 unspecified atom stereocenters. The Kier molecular flexibility index (Phi) is 9.36. The number of nitrogens with zero attached hydrogens (tertiary/aromatic N) is 1. The average Bonchev–Trinajstić information content (AvgIpc) is 2.51. The van der Waals surface area contributed by atoms with Gasteiger partial charge in [-0.05, 0) is 50.4 Å². The number of rotatable bonds is 11. The second kappa shape index (κ2) is 10.8. The van der Waals surface area contributed by atoms with Gasteiger partial charge in [-0.3, -0.25) is 4.90 Å². The van der Waals surface area contributed by atoms with Crippen molar-refractivity contribution >= 4 is 0 Å². The Balaban J connectivity index is 2.62. The summed E-state index contributed by atoms with van der Waals surface area (Å²) in [6.07, 6.45) is 4.98. The van der Waals surface area contributed by atoms with E-state index < -0.39 is 0 Å². The molecule has 1 rings (SSSR count). The van der Waals surface area contributed by atoms with Crippen LogP contribution in [0.15, 0.2) is 24.3 Å². The monoisotopic (exact) mass is 290 g/mol. The van der Waals surface area contributed by atoms with Crippen LogP contribution in [0.2, 0.25) is 0 Å². The van der Waals surface area contributed by atoms with Crippen LogP contribution < -0.4 is 5.32 Å². The summed E-state index contributed by atoms with van der Waals surface area (Å²) in [7, 11) is 0. The third kappa shape index (κ3) is 7.10. The van der Waals surface area contributed by atoms with Gasteiger partial charge >= 0.3 is 0 Å². The molecule has 0 heterocycles. The van der Waals surface area contributed by atoms with Crippen LogP contribution in [0.3, 0.4) is 0 Å². The fourth-order valence-electron chi connectivity index (χ4n) is 2.56. The molecular weight excluding hydrogens is 256 g/mol. The SMILES string of the molecule is CCCCN(Cc1cccc(CNCCC)c1)C(C)CC. The maximum absolute atomic E-state index is 3.49. The summed E-state index contributed by atoms with van der Waals surface area (Å²) in [6.45, 7) is 13.5. The van der Waals surface area contributed by atoms with Crippen LogP contribution >= 0.6 is 0 Å². The Hall–Kier alpha value is -0.860. The summed E-state index contributed by atoms with van der Waals surface area (Å²) in [5.41, 5.74) is 2.85. The molecular formula is C19H34N2. The van der Waals surface area contributed by atoms with Crippen molar-refractivity contribution in [3.8, 4) is 0 Å². The molecule has 0 aromatic heterocycles. The van der Waals surface area contributed by atoms with Crippen molar-refractivity contribution in [2.75, 3.05) is 13.1 Å². The fraction of sp³-hybridized carbons (Fsp3) is 0.684. The first-order chi connectivity index (χ1) is 10.2. The molecule has 120 valence electrons. The van der Waals surface area contributed by atoms with Gasteiger partial charge in [-0.1, -0.05) is 51.5 Å². The van der Waals surface area contributed by atoms with Crippen LogP contribution in [-0.4, -0.2) is 24.0 Å². The third-order valence-electron chi connectivity index (χ3n) is 4.15. The van der Waals surface area contributed by atoms with E-state index in [2.05, 4.69) is 62.2 Å². The van der Waals surface area contributed by atoms with Crippen molar-refractivity contribution in [1.29, 1.82) is 0 Å². The highest BCUT2D eigenvalue weighted by molar-refractivity contribution is 5.23. The van der Waals surface area contributed by atoms with Gasteiger partial charge in [-0.2, -0.15) is 0 Å². The third-order valence-corrected chi connectivity index (χ3v) is 4.15. The number of benzene rings is 1. The molecule has 1 aromatic rings. The molecule has 0 aliphatic carbocycles. The summed E-state index contributed by atoms with van der Waals surface area (Å²) >= 11 is 0. The molecule has 1 atom stereocenters. The lowest BCUT2D eigenvalue weighted by atomic mass is 10.1. The molecule has 0 saturated heterocycles. The van der Waals surface area contributed by atoms with Gasteiger partial charge in [0.25, 0.3) is 0 Å². The van der Waals surface area contributed by atoms with E-state index in [0.717, 1.165) is 19.6 Å². The summed E-state index contributed by atoms with van der Waals surface area (Å²) in [4.78, 5) is 2.63. The quantitative estimate of drug-likeness (QED) is 0.600. The first-order valence-electron chi connectivity index (χ1n) is 8.73. The lowest BCUT2D eigenvalue weighted by Crippen LogP contribution is -2.33. The molecule has 1 aromatic carbocycles. The van der Waals surface area contributed by atoms with Crippen molar-refractivity contribution in [3.63, 3.8) is 0 Å². The van der Waals surface area contributed by atoms with Crippen LogP contribution in [0, 0.1) is 0 Å². The zero-order valence-corrected chi connectivity index (χ0v) is 14.5. The topological polar surface area (TPSA) is 15.3 Å². The molecule has 0 fully saturated rings. The summed E-state index contributed by atoms with van der Waals surface area (Å²) < 4.78 is 0. The Morgan fingerprint density at radius 2 is 1.86 bits per heavy atom. The van der Waals surface area contributed by atoms with Gasteiger partial charge in [-0.15, -0.1) is 0 Å². The zero-order chi connectivity index (χ0) is 15.5. The minimum Gasteiger partial charge on any atom is -0.313 e. The van der Waals surface area contributed by atoms with E-state index >= 15 is 0 Å². The van der Waals surface area contributed by atoms with Crippen molar-refractivity contribution in [3.05, 3.63) is 35.4 Å². The number of hydrogen-bond acceptors (Lipinski definition) is 2. The van der Waals surface area contributed by atoms with Gasteiger partial charge in [-0.25, -0.2) is 0 Å². The van der Waals surface area contributed by atoms with Crippen LogP contribution in [0.25, 0.3) is 0 Å². The van der Waals surface area contributed by atoms with Crippen LogP contribution in [0.1, 0.15) is 64.5 Å². The van der Waals surface area contributed by atoms with E-state index in [4.69, 9.17) is 0 Å². The van der Waals surface area contributed by atoms with Gasteiger partial charge in [0.1, 0.15) is 0 Å². The van der Waals surface area contributed by atoms with E-state index in [-0.39, 0.29) is 0 Å². The summed E-state index contributed by atoms with van der Waals surface area (Å²) in [5, 5.41) is 3.49. The van der Waals surface area contributed by atoms with Crippen molar-refractivity contribution in [2.24, 2.45) is 0 Å². The second-order valence-corrected chi connectivity index (χ2v) is 6.08. The lowest BCUT2D eigenvalue weighted by Gasteiger charge is -2.28. The van der Waals surface area contributed by atoms with E-state index in [1.54, 1.807) is 0 Å². The van der Waals surface area contributed by atoms with Crippen LogP contribution in [0.4, 0.5) is 0 Å². The predicted octanol–water partition coefficient (Wildman–Crippen LogP) is 4.59. The van der Waals surface area contributed by atoms with Gasteiger partial charge in [0, 0.05) is 19.1 Å². The molecule has 0 amide bonds. The molecule has 0 aliphatic rings. The molecule has 2 heteroatoms. The highest BCUT2D eigenvalue weighted by Crippen LogP contribution is 2.13. The molecule has 0 radical (unpaired) electrons. The maximum atomic E-state index is 3.49. The lowest BCUT2D eigenvalue weighted by molar-refractivity contribution is 0.192. The van der Waals surface area contributed by atoms with E-state index in [9.17, 15) is 0 Å². The van der Waals surface area contributed by atoms with Gasteiger partial charge in [0.2, 0.25) is 0 Å². The average molecular weight is 290 g/mol. The summed E-state index contributed by atoms with van der Waals surface area (Å²) in [6, 6.07) is 9.73. The molecule has 21 heavy (non-hydrogen) atoms. The molecule has 0 bridgehead atoms. The minimum absolute atomic E-state index is 0.665. The Morgan fingerprint density at radius 3 is 2.52 bits per heavy atom. The molecule has 0 aliphatic heterocycles. The molecule has 0 saturated carbocycles. The number of unbranched alkanes of at least 4 members (excludes halogenated alkanes) is 1. The van der Waals surface area contributed by atoms with Crippen molar-refractivity contribution in [1.82, 2.24) is 10.2 Å². The van der Waals surface area contributed by atoms with Gasteiger partial charge < -0.3 is 5.32 Å². The fourth-order valence-corrected chi connectivity index (χ4v) is 2.56. The highest BCUT2D eigenvalue weighted by atomic mass is 15.1. The van der Waals surface area contributed by atoms with Gasteiger partial charge in [0.15, 0.2) is 0 Å². The number of nitrogens with one attached hydrogen (secondary N) is 1. The standard InChI is InChI=1S/C19H34N2/c1-5-8-13-21(17(4)7-3)16-19-11-9-10-18(14-19)15-20-12-6-2/h9-11,14,17,20H,5-8,12-13,15-16H2,1-4H3. The summed E-state index contributed by atoms with van der Waals surface area (Å²) in [5.74, 6) is 0. The zero-order valence-electron chi connectivity index (χ0n) is 14.5. The molecule has 2 nitrogen and oxygen atoms in total. The predicted molar refractivity (Wildman–Crippen MR) is 93.5 cm³/mol. The molecule has 1 N–H and O–H groups in total. The first kappa shape index (κ1) is 18.2. The second-order valence-electron chi connectivity index (χ2n) is 6.08. The van der Waals surface area contributed by atoms with Crippen molar-refractivity contribution in [2.45, 2.75) is 72.5 Å². The smallest absolute Gasteiger partial charge is 0.0236 e. The highest BCUT2D eigenvalue weighted by Gasteiger charge is 2.12. The Bertz CT molecular complexity index is 376. The normalized spacial score (nSPS) is 12.8. The van der Waals surface area contributed by atoms with Crippen LogP contribution in [-0.2, 0) is 13.1 Å². The van der Waals surface area contributed by atoms with Gasteiger partial charge in [0.05, 0.1) is 0 Å². The number of hydrogen-bond donors (Lipinski definition) is 1. The largest absolute Gasteiger partial charge is 0.313 e. The Labute approximate surface area is 131 Å². The Morgan fingerprint density at radius 1 is 1.10 bits per heavy atom.